The monoisotopic (exact) mass is 439 g/mol. The SMILES string of the molecule is N#Cc1cc2nn(Cc3nn(CC(=O)O)c(=O)c4ccccc34)cc2cc1OCC(F)F. The van der Waals surface area contributed by atoms with E-state index in [9.17, 15) is 23.6 Å². The molecule has 0 aliphatic heterocycles. The zero-order valence-corrected chi connectivity index (χ0v) is 16.4. The Morgan fingerprint density at radius 2 is 1.97 bits per heavy atom. The minimum atomic E-state index is -2.68. The Balaban J connectivity index is 1.76. The molecular formula is C21H15F2N5O4. The molecule has 0 saturated carbocycles. The number of aliphatic carboxylic acids is 1. The quantitative estimate of drug-likeness (QED) is 0.469. The van der Waals surface area contributed by atoms with Gasteiger partial charge in [0.25, 0.3) is 12.0 Å². The van der Waals surface area contributed by atoms with Crippen LogP contribution in [0.15, 0.2) is 47.4 Å². The lowest BCUT2D eigenvalue weighted by Gasteiger charge is -2.09. The number of aromatic nitrogens is 4. The summed E-state index contributed by atoms with van der Waals surface area (Å²) in [5, 5.41) is 28.4. The van der Waals surface area contributed by atoms with Gasteiger partial charge >= 0.3 is 5.97 Å². The van der Waals surface area contributed by atoms with Gasteiger partial charge in [0.1, 0.15) is 25.0 Å². The van der Waals surface area contributed by atoms with Gasteiger partial charge in [-0.2, -0.15) is 15.5 Å². The summed E-state index contributed by atoms with van der Waals surface area (Å²) in [4.78, 5) is 23.7. The number of carboxylic acids is 1. The van der Waals surface area contributed by atoms with Crippen molar-refractivity contribution in [3.8, 4) is 11.8 Å². The highest BCUT2D eigenvalue weighted by atomic mass is 19.3. The van der Waals surface area contributed by atoms with E-state index in [1.807, 2.05) is 6.07 Å². The molecule has 0 unspecified atom stereocenters. The van der Waals surface area contributed by atoms with E-state index in [0.717, 1.165) is 4.68 Å². The molecule has 2 aromatic carbocycles. The lowest BCUT2D eigenvalue weighted by Crippen LogP contribution is -2.28. The molecule has 4 rings (SSSR count). The highest BCUT2D eigenvalue weighted by molar-refractivity contribution is 5.84. The fourth-order valence-corrected chi connectivity index (χ4v) is 3.35. The van der Waals surface area contributed by atoms with Gasteiger partial charge in [-0.05, 0) is 18.2 Å². The van der Waals surface area contributed by atoms with Crippen molar-refractivity contribution in [1.82, 2.24) is 19.6 Å². The highest BCUT2D eigenvalue weighted by Gasteiger charge is 2.15. The second kappa shape index (κ2) is 8.43. The first kappa shape index (κ1) is 20.9. The molecule has 0 radical (unpaired) electrons. The van der Waals surface area contributed by atoms with Gasteiger partial charge in [-0.3, -0.25) is 14.3 Å². The summed E-state index contributed by atoms with van der Waals surface area (Å²) in [5.74, 6) is -1.18. The van der Waals surface area contributed by atoms with E-state index in [1.165, 1.54) is 16.8 Å². The van der Waals surface area contributed by atoms with Crippen LogP contribution in [0.4, 0.5) is 8.78 Å². The van der Waals surface area contributed by atoms with Gasteiger partial charge in [0.05, 0.1) is 28.7 Å². The van der Waals surface area contributed by atoms with Crippen molar-refractivity contribution in [1.29, 1.82) is 5.26 Å². The van der Waals surface area contributed by atoms with Gasteiger partial charge in [-0.15, -0.1) is 0 Å². The molecule has 9 nitrogen and oxygen atoms in total. The van der Waals surface area contributed by atoms with Crippen molar-refractivity contribution in [2.75, 3.05) is 6.61 Å². The van der Waals surface area contributed by atoms with Crippen molar-refractivity contribution >= 4 is 27.6 Å². The Hall–Kier alpha value is -4.33. The van der Waals surface area contributed by atoms with Gasteiger partial charge < -0.3 is 9.84 Å². The minimum absolute atomic E-state index is 0.0263. The van der Waals surface area contributed by atoms with Crippen LogP contribution in [0.2, 0.25) is 0 Å². The van der Waals surface area contributed by atoms with Crippen LogP contribution in [0, 0.1) is 11.3 Å². The molecule has 0 bridgehead atoms. The van der Waals surface area contributed by atoms with Crippen molar-refractivity contribution in [3.63, 3.8) is 0 Å². The average molecular weight is 439 g/mol. The van der Waals surface area contributed by atoms with Gasteiger partial charge in [-0.25, -0.2) is 13.5 Å². The lowest BCUT2D eigenvalue weighted by molar-refractivity contribution is -0.138. The number of carbonyl (C=O) groups is 1. The number of ether oxygens (including phenoxy) is 1. The Kier molecular flexibility index (Phi) is 5.51. The molecule has 2 heterocycles. The molecule has 0 spiro atoms. The molecule has 0 aliphatic carbocycles. The van der Waals surface area contributed by atoms with Crippen molar-refractivity contribution in [3.05, 3.63) is 64.2 Å². The number of nitrogens with zero attached hydrogens (tertiary/aromatic N) is 5. The molecule has 11 heteroatoms. The molecule has 0 fully saturated rings. The van der Waals surface area contributed by atoms with E-state index in [1.54, 1.807) is 30.5 Å². The molecule has 0 aliphatic rings. The number of hydrogen-bond acceptors (Lipinski definition) is 6. The second-order valence-corrected chi connectivity index (χ2v) is 6.90. The zero-order valence-electron chi connectivity index (χ0n) is 16.4. The number of halogens is 2. The van der Waals surface area contributed by atoms with Crippen LogP contribution in [-0.4, -0.2) is 43.7 Å². The number of alkyl halides is 2. The Morgan fingerprint density at radius 1 is 1.22 bits per heavy atom. The average Bonchev–Trinajstić information content (AvgIpc) is 3.15. The number of fused-ring (bicyclic) bond motifs is 2. The van der Waals surface area contributed by atoms with Crippen molar-refractivity contribution in [2.45, 2.75) is 19.5 Å². The summed E-state index contributed by atoms with van der Waals surface area (Å²) in [7, 11) is 0. The summed E-state index contributed by atoms with van der Waals surface area (Å²) in [6, 6.07) is 11.5. The lowest BCUT2D eigenvalue weighted by atomic mass is 10.1. The smallest absolute Gasteiger partial charge is 0.325 e. The standard InChI is InChI=1S/C21H15F2N5O4/c22-19(23)11-32-18-6-13-8-27(25-16(13)5-12(18)7-24)9-17-14-3-1-2-4-15(14)21(31)28(26-17)10-20(29)30/h1-6,8,19H,9-11H2,(H,29,30). The molecule has 2 aromatic heterocycles. The number of hydrogen-bond donors (Lipinski definition) is 1. The van der Waals surface area contributed by atoms with Crippen LogP contribution in [-0.2, 0) is 17.9 Å². The van der Waals surface area contributed by atoms with E-state index >= 15 is 0 Å². The van der Waals surface area contributed by atoms with Crippen molar-refractivity contribution < 1.29 is 23.4 Å². The van der Waals surface area contributed by atoms with Crippen LogP contribution in [0.5, 0.6) is 5.75 Å². The van der Waals surface area contributed by atoms with Gasteiger partial charge in [0.2, 0.25) is 0 Å². The molecular weight excluding hydrogens is 424 g/mol. The summed E-state index contributed by atoms with van der Waals surface area (Å²) in [6.07, 6.45) is -1.06. The third-order valence-corrected chi connectivity index (χ3v) is 4.68. The molecule has 0 saturated heterocycles. The van der Waals surface area contributed by atoms with Crippen LogP contribution < -0.4 is 10.3 Å². The maximum absolute atomic E-state index is 12.5. The molecule has 0 atom stereocenters. The van der Waals surface area contributed by atoms with Crippen LogP contribution in [0.25, 0.3) is 21.7 Å². The summed E-state index contributed by atoms with van der Waals surface area (Å²) in [5.41, 5.74) is 0.414. The minimum Gasteiger partial charge on any atom is -0.486 e. The maximum atomic E-state index is 12.5. The fraction of sp³-hybridized carbons (Fsp3) is 0.190. The Labute approximate surface area is 178 Å². The van der Waals surface area contributed by atoms with Crippen LogP contribution in [0.3, 0.4) is 0 Å². The molecule has 162 valence electrons. The number of benzene rings is 2. The van der Waals surface area contributed by atoms with Crippen LogP contribution in [0.1, 0.15) is 11.3 Å². The van der Waals surface area contributed by atoms with Gasteiger partial charge in [0.15, 0.2) is 0 Å². The Morgan fingerprint density at radius 3 is 2.66 bits per heavy atom. The maximum Gasteiger partial charge on any atom is 0.325 e. The predicted octanol–water partition coefficient (Wildman–Crippen LogP) is 2.39. The first-order valence-electron chi connectivity index (χ1n) is 9.38. The van der Waals surface area contributed by atoms with E-state index in [0.29, 0.717) is 27.4 Å². The normalized spacial score (nSPS) is 11.2. The second-order valence-electron chi connectivity index (χ2n) is 6.90. The third-order valence-electron chi connectivity index (χ3n) is 4.68. The van der Waals surface area contributed by atoms with Gasteiger partial charge in [-0.1, -0.05) is 18.2 Å². The topological polar surface area (TPSA) is 123 Å². The first-order chi connectivity index (χ1) is 15.4. The van der Waals surface area contributed by atoms with E-state index in [4.69, 9.17) is 9.84 Å². The summed E-state index contributed by atoms with van der Waals surface area (Å²) < 4.78 is 32.4. The predicted molar refractivity (Wildman–Crippen MR) is 109 cm³/mol. The highest BCUT2D eigenvalue weighted by Crippen LogP contribution is 2.26. The first-order valence-corrected chi connectivity index (χ1v) is 9.38. The number of carboxylic acid groups (broad SMARTS) is 1. The third kappa shape index (κ3) is 4.11. The fourth-order valence-electron chi connectivity index (χ4n) is 3.35. The molecule has 1 N–H and O–H groups in total. The van der Waals surface area contributed by atoms with E-state index in [-0.39, 0.29) is 17.9 Å². The summed E-state index contributed by atoms with van der Waals surface area (Å²) in [6.45, 7) is -1.33. The number of nitriles is 1. The van der Waals surface area contributed by atoms with E-state index < -0.39 is 31.1 Å². The molecule has 4 aromatic rings. The van der Waals surface area contributed by atoms with E-state index in [2.05, 4.69) is 10.2 Å². The van der Waals surface area contributed by atoms with Gasteiger partial charge in [0, 0.05) is 17.0 Å². The number of rotatable bonds is 7. The van der Waals surface area contributed by atoms with Crippen molar-refractivity contribution in [2.24, 2.45) is 0 Å². The largest absolute Gasteiger partial charge is 0.486 e. The summed E-state index contributed by atoms with van der Waals surface area (Å²) >= 11 is 0. The molecule has 32 heavy (non-hydrogen) atoms. The Bertz CT molecular complexity index is 1440. The van der Waals surface area contributed by atoms with Crippen LogP contribution >= 0.6 is 0 Å². The molecule has 0 amide bonds. The zero-order chi connectivity index (χ0) is 22.8.